The van der Waals surface area contributed by atoms with Crippen LogP contribution in [0.3, 0.4) is 0 Å². The summed E-state index contributed by atoms with van der Waals surface area (Å²) in [5, 5.41) is 11.2. The van der Waals surface area contributed by atoms with Gasteiger partial charge in [-0.3, -0.25) is 9.69 Å². The van der Waals surface area contributed by atoms with E-state index in [4.69, 9.17) is 15.5 Å². The minimum atomic E-state index is -1.46. The third-order valence-corrected chi connectivity index (χ3v) is 7.49. The van der Waals surface area contributed by atoms with Crippen LogP contribution in [0.4, 0.5) is 4.39 Å². The smallest absolute Gasteiger partial charge is 0.262 e. The number of nitrogens with two attached hydrogens (primary N) is 1. The number of carbonyl (C=O) groups is 1. The van der Waals surface area contributed by atoms with E-state index in [1.165, 1.54) is 4.90 Å². The molecule has 0 saturated heterocycles. The van der Waals surface area contributed by atoms with Gasteiger partial charge in [0, 0.05) is 18.9 Å². The fourth-order valence-electron chi connectivity index (χ4n) is 6.99. The highest BCUT2D eigenvalue weighted by molar-refractivity contribution is 6.07. The van der Waals surface area contributed by atoms with Gasteiger partial charge in [0.05, 0.1) is 12.7 Å². The Bertz CT molecular complexity index is 867. The fourth-order valence-corrected chi connectivity index (χ4v) is 6.99. The van der Waals surface area contributed by atoms with Crippen LogP contribution in [0.15, 0.2) is 29.3 Å². The lowest BCUT2D eigenvalue weighted by Crippen LogP contribution is -2.68. The maximum Gasteiger partial charge on any atom is 0.262 e. The first-order valence-corrected chi connectivity index (χ1v) is 9.84. The quantitative estimate of drug-likeness (QED) is 0.831. The lowest BCUT2D eigenvalue weighted by atomic mass is 9.41. The van der Waals surface area contributed by atoms with E-state index in [0.29, 0.717) is 37.0 Å². The first kappa shape index (κ1) is 17.9. The van der Waals surface area contributed by atoms with E-state index in [1.807, 2.05) is 12.1 Å². The van der Waals surface area contributed by atoms with Gasteiger partial charge in [-0.25, -0.2) is 9.38 Å². The molecule has 1 aliphatic heterocycles. The molecule has 6 nitrogen and oxygen atoms in total. The van der Waals surface area contributed by atoms with Crippen molar-refractivity contribution in [2.75, 3.05) is 14.2 Å². The predicted molar refractivity (Wildman–Crippen MR) is 101 cm³/mol. The van der Waals surface area contributed by atoms with E-state index in [0.717, 1.165) is 0 Å². The highest BCUT2D eigenvalue weighted by Gasteiger charge is 2.73. The van der Waals surface area contributed by atoms with E-state index >= 15 is 4.39 Å². The molecule has 1 amide bonds. The number of ether oxygens (including phenoxy) is 1. The zero-order valence-electron chi connectivity index (χ0n) is 16.2. The Balaban J connectivity index is 1.73. The number of aliphatic hydroxyl groups is 1. The molecular weight excluding hydrogens is 361 g/mol. The molecular formula is C21H26FN3O3. The summed E-state index contributed by atoms with van der Waals surface area (Å²) >= 11 is 0. The van der Waals surface area contributed by atoms with Gasteiger partial charge in [-0.15, -0.1) is 0 Å². The van der Waals surface area contributed by atoms with Crippen LogP contribution in [-0.2, 0) is 10.3 Å². The number of carbonyl (C=O) groups excluding carboxylic acids is 1. The first-order valence-electron chi connectivity index (χ1n) is 9.84. The molecule has 1 heterocycles. The van der Waals surface area contributed by atoms with Crippen LogP contribution in [0.2, 0.25) is 0 Å². The van der Waals surface area contributed by atoms with E-state index in [-0.39, 0.29) is 30.6 Å². The van der Waals surface area contributed by atoms with Crippen LogP contribution in [0, 0.1) is 11.3 Å². The Morgan fingerprint density at radius 2 is 1.93 bits per heavy atom. The SMILES string of the molecule is COc1ccc(C2(C34CC5CC(O)(CC(F)(C5)C3)C4)N=C(N)N(C)C2=O)cc1. The summed E-state index contributed by atoms with van der Waals surface area (Å²) in [7, 11) is 3.18. The second kappa shape index (κ2) is 5.26. The number of guanidine groups is 1. The minimum absolute atomic E-state index is 0.0523. The molecule has 0 radical (unpaired) electrons. The number of benzene rings is 1. The third-order valence-electron chi connectivity index (χ3n) is 7.49. The first-order chi connectivity index (χ1) is 13.1. The molecule has 4 bridgehead atoms. The van der Waals surface area contributed by atoms with E-state index < -0.39 is 22.2 Å². The summed E-state index contributed by atoms with van der Waals surface area (Å²) in [6, 6.07) is 7.21. The van der Waals surface area contributed by atoms with Crippen LogP contribution in [0.5, 0.6) is 5.75 Å². The molecule has 1 aromatic rings. The van der Waals surface area contributed by atoms with E-state index in [9.17, 15) is 9.90 Å². The van der Waals surface area contributed by atoms with Gasteiger partial charge in [0.2, 0.25) is 0 Å². The molecule has 5 atom stereocenters. The number of hydrogen-bond acceptors (Lipinski definition) is 5. The molecule has 0 aromatic heterocycles. The molecule has 4 aliphatic carbocycles. The second-order valence-corrected chi connectivity index (χ2v) is 9.44. The van der Waals surface area contributed by atoms with E-state index in [1.54, 1.807) is 26.3 Å². The molecule has 1 aromatic carbocycles. The summed E-state index contributed by atoms with van der Waals surface area (Å²) in [5.74, 6) is 0.609. The van der Waals surface area contributed by atoms with Gasteiger partial charge < -0.3 is 15.6 Å². The number of amides is 1. The van der Waals surface area contributed by atoms with Crippen molar-refractivity contribution in [1.29, 1.82) is 0 Å². The highest BCUT2D eigenvalue weighted by Crippen LogP contribution is 2.70. The Kier molecular flexibility index (Phi) is 3.36. The molecule has 5 unspecified atom stereocenters. The molecule has 3 N–H and O–H groups in total. The molecule has 4 fully saturated rings. The monoisotopic (exact) mass is 387 g/mol. The van der Waals surface area contributed by atoms with Crippen molar-refractivity contribution in [2.24, 2.45) is 22.1 Å². The highest BCUT2D eigenvalue weighted by atomic mass is 19.1. The van der Waals surface area contributed by atoms with Gasteiger partial charge in [0.15, 0.2) is 11.5 Å². The third kappa shape index (κ3) is 2.11. The molecule has 150 valence electrons. The van der Waals surface area contributed by atoms with Gasteiger partial charge in [-0.2, -0.15) is 0 Å². The topological polar surface area (TPSA) is 88.2 Å². The van der Waals surface area contributed by atoms with Crippen LogP contribution in [0.25, 0.3) is 0 Å². The summed E-state index contributed by atoms with van der Waals surface area (Å²) in [5.41, 5.74) is 2.12. The number of alkyl halides is 1. The van der Waals surface area contributed by atoms with Crippen molar-refractivity contribution in [2.45, 2.75) is 55.3 Å². The summed E-state index contributed by atoms with van der Waals surface area (Å²) in [6.45, 7) is 0. The van der Waals surface area contributed by atoms with Gasteiger partial charge in [-0.1, -0.05) is 12.1 Å². The minimum Gasteiger partial charge on any atom is -0.497 e. The van der Waals surface area contributed by atoms with E-state index in [2.05, 4.69) is 0 Å². The Morgan fingerprint density at radius 1 is 1.21 bits per heavy atom. The average molecular weight is 387 g/mol. The number of methoxy groups -OCH3 is 1. The maximum absolute atomic E-state index is 15.8. The summed E-state index contributed by atoms with van der Waals surface area (Å²) in [6.07, 6.45) is 2.47. The fraction of sp³-hybridized carbons (Fsp3) is 0.619. The Labute approximate surface area is 163 Å². The van der Waals surface area contributed by atoms with Gasteiger partial charge in [0.25, 0.3) is 5.91 Å². The van der Waals surface area contributed by atoms with Gasteiger partial charge in [0.1, 0.15) is 11.4 Å². The number of hydrogen-bond donors (Lipinski definition) is 2. The molecule has 5 aliphatic rings. The maximum atomic E-state index is 15.8. The number of halogens is 1. The van der Waals surface area contributed by atoms with Crippen LogP contribution in [0.1, 0.15) is 44.1 Å². The van der Waals surface area contributed by atoms with Crippen molar-refractivity contribution in [3.63, 3.8) is 0 Å². The summed E-state index contributed by atoms with van der Waals surface area (Å²) in [4.78, 5) is 19.7. The molecule has 4 saturated carbocycles. The Hall–Kier alpha value is -2.15. The van der Waals surface area contributed by atoms with Crippen molar-refractivity contribution in [3.8, 4) is 5.75 Å². The molecule has 6 rings (SSSR count). The zero-order chi connectivity index (χ0) is 19.9. The molecule has 7 heteroatoms. The van der Waals surface area contributed by atoms with Crippen LogP contribution >= 0.6 is 0 Å². The Morgan fingerprint density at radius 3 is 2.46 bits per heavy atom. The lowest BCUT2D eigenvalue weighted by Gasteiger charge is -2.65. The molecule has 28 heavy (non-hydrogen) atoms. The largest absolute Gasteiger partial charge is 0.497 e. The van der Waals surface area contributed by atoms with Gasteiger partial charge in [-0.05, 0) is 55.7 Å². The van der Waals surface area contributed by atoms with Crippen molar-refractivity contribution in [3.05, 3.63) is 29.8 Å². The predicted octanol–water partition coefficient (Wildman–Crippen LogP) is 2.10. The van der Waals surface area contributed by atoms with Crippen molar-refractivity contribution >= 4 is 11.9 Å². The number of rotatable bonds is 3. The van der Waals surface area contributed by atoms with Crippen LogP contribution in [-0.4, -0.2) is 47.3 Å². The average Bonchev–Trinajstić information content (AvgIpc) is 2.84. The number of nitrogens with zero attached hydrogens (tertiary/aromatic N) is 2. The van der Waals surface area contributed by atoms with Crippen LogP contribution < -0.4 is 10.5 Å². The summed E-state index contributed by atoms with van der Waals surface area (Å²) < 4.78 is 21.0. The van der Waals surface area contributed by atoms with Gasteiger partial charge >= 0.3 is 0 Å². The molecule has 0 spiro atoms. The van der Waals surface area contributed by atoms with Crippen molar-refractivity contribution < 1.29 is 19.0 Å². The second-order valence-electron chi connectivity index (χ2n) is 9.44. The number of likely N-dealkylation sites (N-methyl/N-ethyl adjacent to an activating group) is 1. The standard InChI is InChI=1S/C21H26FN3O3/c1-25-16(26)21(24-17(25)23,14-3-5-15(28-2)6-4-14)18-7-13-8-19(22,10-18)12-20(27,9-13)11-18/h3-6,13,27H,7-12H2,1-2H3,(H2,23,24). The van der Waals surface area contributed by atoms with Crippen molar-refractivity contribution in [1.82, 2.24) is 4.90 Å². The zero-order valence-corrected chi connectivity index (χ0v) is 16.2. The number of aliphatic imine (C=N–C) groups is 1. The normalized spacial score (nSPS) is 44.1. The lowest BCUT2D eigenvalue weighted by molar-refractivity contribution is -0.223.